The van der Waals surface area contributed by atoms with Gasteiger partial charge in [0, 0.05) is 0 Å². The fraction of sp³-hybridized carbons (Fsp3) is 0.923. The zero-order chi connectivity index (χ0) is 9.47. The van der Waals surface area contributed by atoms with Crippen molar-refractivity contribution in [3.8, 4) is 0 Å². The molecule has 0 atom stereocenters. The van der Waals surface area contributed by atoms with Gasteiger partial charge >= 0.3 is 0 Å². The first-order chi connectivity index (χ1) is 6.18. The zero-order valence-electron chi connectivity index (χ0n) is 9.40. The molecular formula is C13H23. The van der Waals surface area contributed by atoms with Crippen LogP contribution in [0.25, 0.3) is 0 Å². The van der Waals surface area contributed by atoms with Crippen LogP contribution in [-0.2, 0) is 0 Å². The van der Waals surface area contributed by atoms with Gasteiger partial charge in [0.25, 0.3) is 0 Å². The summed E-state index contributed by atoms with van der Waals surface area (Å²) in [4.78, 5) is 0. The fourth-order valence-corrected chi connectivity index (χ4v) is 2.75. The maximum atomic E-state index is 2.40. The molecule has 0 saturated heterocycles. The van der Waals surface area contributed by atoms with Crippen LogP contribution in [0.4, 0.5) is 0 Å². The van der Waals surface area contributed by atoms with E-state index in [1.165, 1.54) is 38.5 Å². The lowest BCUT2D eigenvalue weighted by Crippen LogP contribution is -2.19. The lowest BCUT2D eigenvalue weighted by Gasteiger charge is -2.29. The maximum Gasteiger partial charge on any atom is -0.0151 e. The van der Waals surface area contributed by atoms with E-state index in [4.69, 9.17) is 0 Å². The molecule has 2 rings (SSSR count). The molecule has 0 nitrogen and oxygen atoms in total. The van der Waals surface area contributed by atoms with Crippen LogP contribution in [0.5, 0.6) is 0 Å². The second kappa shape index (κ2) is 3.29. The molecule has 0 aromatic heterocycles. The van der Waals surface area contributed by atoms with Crippen molar-refractivity contribution < 1.29 is 0 Å². The minimum absolute atomic E-state index is 0.719. The molecule has 0 amide bonds. The highest BCUT2D eigenvalue weighted by Crippen LogP contribution is 2.61. The summed E-state index contributed by atoms with van der Waals surface area (Å²) in [6.45, 7) is 7.17. The number of hydrogen-bond donors (Lipinski definition) is 0. The quantitative estimate of drug-likeness (QED) is 0.593. The van der Waals surface area contributed by atoms with Gasteiger partial charge in [0.15, 0.2) is 0 Å². The second-order valence-electron chi connectivity index (χ2n) is 5.46. The van der Waals surface area contributed by atoms with Crippen LogP contribution < -0.4 is 0 Å². The molecule has 0 aromatic carbocycles. The molecule has 0 heteroatoms. The first-order valence-corrected chi connectivity index (χ1v) is 6.04. The molecule has 1 radical (unpaired) electrons. The molecule has 2 aliphatic rings. The van der Waals surface area contributed by atoms with Crippen LogP contribution >= 0.6 is 0 Å². The van der Waals surface area contributed by atoms with E-state index in [9.17, 15) is 0 Å². The molecule has 0 unspecified atom stereocenters. The van der Waals surface area contributed by atoms with Crippen LogP contribution in [0.3, 0.4) is 0 Å². The number of rotatable bonds is 5. The highest BCUT2D eigenvalue weighted by atomic mass is 14.5. The molecular weight excluding hydrogens is 156 g/mol. The largest absolute Gasteiger partial charge is 0.0648 e. The van der Waals surface area contributed by atoms with Gasteiger partial charge < -0.3 is 0 Å². The van der Waals surface area contributed by atoms with Gasteiger partial charge in [-0.3, -0.25) is 0 Å². The number of hydrogen-bond acceptors (Lipinski definition) is 0. The Bertz CT molecular complexity index is 172. The molecule has 2 aliphatic carbocycles. The van der Waals surface area contributed by atoms with Gasteiger partial charge in [-0.25, -0.2) is 0 Å². The Kier molecular flexibility index (Phi) is 2.42. The second-order valence-corrected chi connectivity index (χ2v) is 5.46. The van der Waals surface area contributed by atoms with E-state index in [0.717, 1.165) is 17.3 Å². The molecule has 75 valence electrons. The van der Waals surface area contributed by atoms with Gasteiger partial charge in [0.2, 0.25) is 0 Å². The van der Waals surface area contributed by atoms with Crippen LogP contribution in [0, 0.1) is 23.2 Å². The maximum absolute atomic E-state index is 2.40. The Balaban J connectivity index is 1.95. The van der Waals surface area contributed by atoms with Crippen molar-refractivity contribution in [2.45, 2.75) is 59.3 Å². The Hall–Kier alpha value is 0. The van der Waals surface area contributed by atoms with Crippen LogP contribution in [0.1, 0.15) is 59.3 Å². The van der Waals surface area contributed by atoms with Gasteiger partial charge in [0.1, 0.15) is 0 Å². The van der Waals surface area contributed by atoms with Crippen molar-refractivity contribution >= 4 is 0 Å². The molecule has 0 aromatic rings. The van der Waals surface area contributed by atoms with E-state index in [0.29, 0.717) is 0 Å². The van der Waals surface area contributed by atoms with Crippen molar-refractivity contribution in [2.75, 3.05) is 0 Å². The molecule has 2 fully saturated rings. The summed E-state index contributed by atoms with van der Waals surface area (Å²) in [5.41, 5.74) is 0.719. The first-order valence-electron chi connectivity index (χ1n) is 6.04. The summed E-state index contributed by atoms with van der Waals surface area (Å²) in [5, 5.41) is 0. The van der Waals surface area contributed by atoms with Gasteiger partial charge in [-0.15, -0.1) is 0 Å². The smallest absolute Gasteiger partial charge is 0.0151 e. The predicted molar refractivity (Wildman–Crippen MR) is 57.4 cm³/mol. The topological polar surface area (TPSA) is 0 Å². The Labute approximate surface area is 83.1 Å². The summed E-state index contributed by atoms with van der Waals surface area (Å²) in [6.07, 6.45) is 8.86. The first kappa shape index (κ1) is 9.55. The summed E-state index contributed by atoms with van der Waals surface area (Å²) in [5.74, 6) is 3.84. The standard InChI is InChI=1S/C13H23/c1-4-13(7-8-13)12(10(2)3)9-11-5-6-11/h10-11H,4-9H2,1-3H3. The van der Waals surface area contributed by atoms with Crippen LogP contribution in [-0.4, -0.2) is 0 Å². The molecule has 2 saturated carbocycles. The van der Waals surface area contributed by atoms with Gasteiger partial charge in [-0.1, -0.05) is 33.6 Å². The molecule has 0 spiro atoms. The van der Waals surface area contributed by atoms with Crippen molar-refractivity contribution in [3.05, 3.63) is 5.92 Å². The lowest BCUT2D eigenvalue weighted by atomic mass is 9.76. The molecule has 0 bridgehead atoms. The SMILES string of the molecule is CCC1([C](CC2CC2)C(C)C)CC1. The lowest BCUT2D eigenvalue weighted by molar-refractivity contribution is 0.384. The van der Waals surface area contributed by atoms with Gasteiger partial charge in [-0.05, 0) is 48.9 Å². The van der Waals surface area contributed by atoms with Crippen molar-refractivity contribution in [2.24, 2.45) is 17.3 Å². The third kappa shape index (κ3) is 1.92. The normalized spacial score (nSPS) is 25.6. The predicted octanol–water partition coefficient (Wildman–Crippen LogP) is 4.21. The fourth-order valence-electron chi connectivity index (χ4n) is 2.75. The zero-order valence-corrected chi connectivity index (χ0v) is 9.40. The summed E-state index contributed by atoms with van der Waals surface area (Å²) >= 11 is 0. The molecule has 0 aliphatic heterocycles. The van der Waals surface area contributed by atoms with E-state index < -0.39 is 0 Å². The van der Waals surface area contributed by atoms with Gasteiger partial charge in [0.05, 0.1) is 0 Å². The van der Waals surface area contributed by atoms with E-state index in [-0.39, 0.29) is 0 Å². The Morgan fingerprint density at radius 3 is 2.23 bits per heavy atom. The van der Waals surface area contributed by atoms with Crippen LogP contribution in [0.2, 0.25) is 0 Å². The average Bonchev–Trinajstić information content (AvgIpc) is 2.97. The van der Waals surface area contributed by atoms with Crippen LogP contribution in [0.15, 0.2) is 0 Å². The summed E-state index contributed by atoms with van der Waals surface area (Å²) < 4.78 is 0. The minimum atomic E-state index is 0.719. The van der Waals surface area contributed by atoms with Crippen molar-refractivity contribution in [1.29, 1.82) is 0 Å². The molecule has 0 N–H and O–H groups in total. The van der Waals surface area contributed by atoms with E-state index in [1.54, 1.807) is 0 Å². The van der Waals surface area contributed by atoms with E-state index in [2.05, 4.69) is 20.8 Å². The molecule has 13 heavy (non-hydrogen) atoms. The van der Waals surface area contributed by atoms with E-state index in [1.807, 2.05) is 5.92 Å². The minimum Gasteiger partial charge on any atom is -0.0648 e. The summed E-state index contributed by atoms with van der Waals surface area (Å²) in [7, 11) is 0. The monoisotopic (exact) mass is 179 g/mol. The van der Waals surface area contributed by atoms with Crippen molar-refractivity contribution in [1.82, 2.24) is 0 Å². The van der Waals surface area contributed by atoms with Crippen molar-refractivity contribution in [3.63, 3.8) is 0 Å². The highest BCUT2D eigenvalue weighted by Gasteiger charge is 2.49. The van der Waals surface area contributed by atoms with Gasteiger partial charge in [-0.2, -0.15) is 0 Å². The highest BCUT2D eigenvalue weighted by molar-refractivity contribution is 5.17. The van der Waals surface area contributed by atoms with E-state index >= 15 is 0 Å². The summed E-state index contributed by atoms with van der Waals surface area (Å²) in [6, 6.07) is 0. The molecule has 0 heterocycles. The average molecular weight is 179 g/mol. The Morgan fingerprint density at radius 1 is 1.31 bits per heavy atom. The third-order valence-electron chi connectivity index (χ3n) is 4.11. The third-order valence-corrected chi connectivity index (χ3v) is 4.11. The Morgan fingerprint density at radius 2 is 1.92 bits per heavy atom.